The summed E-state index contributed by atoms with van der Waals surface area (Å²) in [4.78, 5) is 42.4. The number of nitrogens with one attached hydrogen (secondary N) is 1. The molecular weight excluding hydrogens is 234 g/mol. The smallest absolute Gasteiger partial charge is 0.327 e. The molecule has 0 aliphatic carbocycles. The summed E-state index contributed by atoms with van der Waals surface area (Å²) in [6, 6.07) is 0. The second-order valence-corrected chi connectivity index (χ2v) is 2.84. The monoisotopic (exact) mass is 247 g/mol. The molecule has 1 N–H and O–H groups in total. The maximum absolute atomic E-state index is 10.9. The lowest BCUT2D eigenvalue weighted by atomic mass is 10.6. The molecule has 17 heavy (non-hydrogen) atoms. The molecule has 0 aromatic heterocycles. The van der Waals surface area contributed by atoms with Crippen LogP contribution in [0.3, 0.4) is 0 Å². The minimum atomic E-state index is -0.801. The van der Waals surface area contributed by atoms with Crippen LogP contribution in [0.1, 0.15) is 13.8 Å². The van der Waals surface area contributed by atoms with Crippen molar-refractivity contribution in [3.05, 3.63) is 0 Å². The Bertz CT molecular complexity index is 312. The molecule has 0 amide bonds. The van der Waals surface area contributed by atoms with Crippen LogP contribution in [0.4, 0.5) is 0 Å². The fourth-order valence-electron chi connectivity index (χ4n) is 0.692. The van der Waals surface area contributed by atoms with E-state index in [1.807, 2.05) is 0 Å². The Kier molecular flexibility index (Phi) is 7.27. The van der Waals surface area contributed by atoms with Gasteiger partial charge in [-0.2, -0.15) is 0 Å². The number of esters is 4. The zero-order chi connectivity index (χ0) is 13.3. The van der Waals surface area contributed by atoms with Crippen LogP contribution in [0.15, 0.2) is 0 Å². The number of ether oxygens (including phenoxy) is 3. The predicted molar refractivity (Wildman–Crippen MR) is 52.4 cm³/mol. The minimum absolute atomic E-state index is 0.270. The van der Waals surface area contributed by atoms with Crippen LogP contribution in [-0.4, -0.2) is 43.8 Å². The summed E-state index contributed by atoms with van der Waals surface area (Å²) in [5.41, 5.74) is 0. The zero-order valence-electron chi connectivity index (χ0n) is 9.48. The number of rotatable bonds is 6. The molecule has 0 radical (unpaired) electrons. The van der Waals surface area contributed by atoms with Gasteiger partial charge >= 0.3 is 23.9 Å². The highest BCUT2D eigenvalue weighted by Gasteiger charge is 2.08. The molecule has 0 spiro atoms. The molecule has 0 heterocycles. The Labute approximate surface area is 97.2 Å². The van der Waals surface area contributed by atoms with Gasteiger partial charge in [0.1, 0.15) is 0 Å². The number of carbonyl (C=O) groups is 4. The van der Waals surface area contributed by atoms with Crippen LogP contribution in [0, 0.1) is 0 Å². The van der Waals surface area contributed by atoms with E-state index in [2.05, 4.69) is 19.5 Å². The average Bonchev–Trinajstić information content (AvgIpc) is 2.15. The van der Waals surface area contributed by atoms with E-state index < -0.39 is 30.7 Å². The van der Waals surface area contributed by atoms with Gasteiger partial charge in [-0.1, -0.05) is 0 Å². The molecule has 0 saturated carbocycles. The van der Waals surface area contributed by atoms with Crippen molar-refractivity contribution in [1.29, 1.82) is 0 Å². The largest absolute Gasteiger partial charge is 0.428 e. The van der Waals surface area contributed by atoms with Crippen molar-refractivity contribution in [3.63, 3.8) is 0 Å². The van der Waals surface area contributed by atoms with Gasteiger partial charge in [0.25, 0.3) is 0 Å². The van der Waals surface area contributed by atoms with Gasteiger partial charge in [0.15, 0.2) is 0 Å². The van der Waals surface area contributed by atoms with E-state index in [-0.39, 0.29) is 13.1 Å². The third-order valence-electron chi connectivity index (χ3n) is 1.28. The van der Waals surface area contributed by atoms with Crippen molar-refractivity contribution in [2.75, 3.05) is 19.9 Å². The van der Waals surface area contributed by atoms with Crippen molar-refractivity contribution in [3.8, 4) is 0 Å². The normalized spacial score (nSPS) is 9.29. The molecule has 0 aliphatic heterocycles. The van der Waals surface area contributed by atoms with E-state index in [0.29, 0.717) is 0 Å². The molecule has 8 nitrogen and oxygen atoms in total. The molecule has 0 fully saturated rings. The van der Waals surface area contributed by atoms with Crippen molar-refractivity contribution in [2.24, 2.45) is 0 Å². The third-order valence-corrected chi connectivity index (χ3v) is 1.28. The molecule has 0 bridgehead atoms. The molecule has 0 aromatic rings. The van der Waals surface area contributed by atoms with Crippen molar-refractivity contribution < 1.29 is 33.4 Å². The molecular formula is C9H13NO7. The van der Waals surface area contributed by atoms with Gasteiger partial charge in [0.05, 0.1) is 13.1 Å². The summed E-state index contributed by atoms with van der Waals surface area (Å²) in [5.74, 6) is -2.81. The maximum atomic E-state index is 10.9. The van der Waals surface area contributed by atoms with Crippen LogP contribution in [0.2, 0.25) is 0 Å². The Morgan fingerprint density at radius 1 is 0.882 bits per heavy atom. The lowest BCUT2D eigenvalue weighted by molar-refractivity contribution is -0.164. The third kappa shape index (κ3) is 10.3. The highest BCUT2D eigenvalue weighted by Crippen LogP contribution is 1.82. The first kappa shape index (κ1) is 15.0. The van der Waals surface area contributed by atoms with Crippen LogP contribution in [0.25, 0.3) is 0 Å². The highest BCUT2D eigenvalue weighted by atomic mass is 16.7. The second kappa shape index (κ2) is 8.22. The van der Waals surface area contributed by atoms with E-state index >= 15 is 0 Å². The average molecular weight is 247 g/mol. The van der Waals surface area contributed by atoms with E-state index in [4.69, 9.17) is 0 Å². The van der Waals surface area contributed by atoms with E-state index in [1.165, 1.54) is 6.92 Å². The summed E-state index contributed by atoms with van der Waals surface area (Å²) in [5, 5.41) is 2.39. The first-order valence-corrected chi connectivity index (χ1v) is 4.62. The van der Waals surface area contributed by atoms with Gasteiger partial charge < -0.3 is 14.2 Å². The molecule has 0 unspecified atom stereocenters. The summed E-state index contributed by atoms with van der Waals surface area (Å²) >= 11 is 0. The molecule has 0 rings (SSSR count). The Hall–Kier alpha value is -1.96. The summed E-state index contributed by atoms with van der Waals surface area (Å²) in [7, 11) is 0. The first-order chi connectivity index (χ1) is 7.91. The number of hydrogen-bond acceptors (Lipinski definition) is 8. The zero-order valence-corrected chi connectivity index (χ0v) is 9.48. The lowest BCUT2D eigenvalue weighted by Gasteiger charge is -2.05. The number of carbonyl (C=O) groups excluding carboxylic acids is 4. The Balaban J connectivity index is 3.54. The lowest BCUT2D eigenvalue weighted by Crippen LogP contribution is -2.31. The SMILES string of the molecule is CC(=O)OCOC(=O)CNCC(=O)OC(C)=O. The van der Waals surface area contributed by atoms with Gasteiger partial charge in [-0.25, -0.2) is 0 Å². The van der Waals surface area contributed by atoms with Crippen molar-refractivity contribution in [2.45, 2.75) is 13.8 Å². The van der Waals surface area contributed by atoms with Gasteiger partial charge in [-0.3, -0.25) is 24.5 Å². The highest BCUT2D eigenvalue weighted by molar-refractivity contribution is 5.85. The Morgan fingerprint density at radius 3 is 2.00 bits per heavy atom. The molecule has 0 saturated heterocycles. The second-order valence-electron chi connectivity index (χ2n) is 2.84. The van der Waals surface area contributed by atoms with E-state index in [9.17, 15) is 19.2 Å². The van der Waals surface area contributed by atoms with E-state index in [1.54, 1.807) is 0 Å². The topological polar surface area (TPSA) is 108 Å². The van der Waals surface area contributed by atoms with Crippen LogP contribution in [0.5, 0.6) is 0 Å². The molecule has 0 aliphatic rings. The fourth-order valence-corrected chi connectivity index (χ4v) is 0.692. The summed E-state index contributed by atoms with van der Waals surface area (Å²) in [6.45, 7) is 1.21. The predicted octanol–water partition coefficient (Wildman–Crippen LogP) is -1.27. The quantitative estimate of drug-likeness (QED) is 0.351. The molecule has 96 valence electrons. The molecule has 0 aromatic carbocycles. The van der Waals surface area contributed by atoms with Crippen molar-refractivity contribution in [1.82, 2.24) is 5.32 Å². The molecule has 0 atom stereocenters. The van der Waals surface area contributed by atoms with Gasteiger partial charge in [-0.15, -0.1) is 0 Å². The summed E-state index contributed by atoms with van der Waals surface area (Å²) in [6.07, 6.45) is 0. The fraction of sp³-hybridized carbons (Fsp3) is 0.556. The number of hydrogen-bond donors (Lipinski definition) is 1. The molecule has 8 heteroatoms. The van der Waals surface area contributed by atoms with Crippen LogP contribution >= 0.6 is 0 Å². The van der Waals surface area contributed by atoms with Crippen LogP contribution < -0.4 is 5.32 Å². The van der Waals surface area contributed by atoms with Gasteiger partial charge in [0, 0.05) is 13.8 Å². The van der Waals surface area contributed by atoms with Crippen LogP contribution in [-0.2, 0) is 33.4 Å². The summed E-state index contributed by atoms with van der Waals surface area (Å²) < 4.78 is 13.0. The van der Waals surface area contributed by atoms with E-state index in [0.717, 1.165) is 6.92 Å². The Morgan fingerprint density at radius 2 is 1.47 bits per heavy atom. The van der Waals surface area contributed by atoms with Crippen molar-refractivity contribution >= 4 is 23.9 Å². The standard InChI is InChI=1S/C9H13NO7/c1-6(11)15-5-16-8(13)3-10-4-9(14)17-7(2)12/h10H,3-5H2,1-2H3. The van der Waals surface area contributed by atoms with Gasteiger partial charge in [0.2, 0.25) is 6.79 Å². The van der Waals surface area contributed by atoms with Gasteiger partial charge in [-0.05, 0) is 0 Å². The maximum Gasteiger partial charge on any atom is 0.327 e. The minimum Gasteiger partial charge on any atom is -0.428 e. The first-order valence-electron chi connectivity index (χ1n) is 4.62.